The summed E-state index contributed by atoms with van der Waals surface area (Å²) < 4.78 is 0. The van der Waals surface area contributed by atoms with Gasteiger partial charge in [-0.15, -0.1) is 0 Å². The minimum Gasteiger partial charge on any atom is -0.493 e. The Bertz CT molecular complexity index is 336. The molecule has 0 aliphatic rings. The maximum absolute atomic E-state index is 10.9. The SMILES string of the molecule is CC(C)(C)c1nc(O)cc(=O)[nH]1. The van der Waals surface area contributed by atoms with Crippen molar-refractivity contribution in [2.24, 2.45) is 0 Å². The standard InChI is InChI=1S/C8H12N2O2/c1-8(2,3)7-9-5(11)4-6(12)10-7/h4H,1-3H3,(H2,9,10,11,12). The molecular weight excluding hydrogens is 156 g/mol. The Morgan fingerprint density at radius 1 is 1.50 bits per heavy atom. The Morgan fingerprint density at radius 2 is 2.08 bits per heavy atom. The highest BCUT2D eigenvalue weighted by atomic mass is 16.3. The number of nitrogens with zero attached hydrogens (tertiary/aromatic N) is 1. The fraction of sp³-hybridized carbons (Fsp3) is 0.500. The van der Waals surface area contributed by atoms with Crippen LogP contribution in [0.25, 0.3) is 0 Å². The number of hydrogen-bond acceptors (Lipinski definition) is 3. The molecule has 0 radical (unpaired) electrons. The summed E-state index contributed by atoms with van der Waals surface area (Å²) in [5.41, 5.74) is -0.579. The van der Waals surface area contributed by atoms with Gasteiger partial charge in [-0.3, -0.25) is 4.79 Å². The Balaban J connectivity index is 3.27. The van der Waals surface area contributed by atoms with E-state index < -0.39 is 0 Å². The van der Waals surface area contributed by atoms with Gasteiger partial charge in [0.05, 0.1) is 6.07 Å². The van der Waals surface area contributed by atoms with E-state index >= 15 is 0 Å². The number of aromatic hydroxyl groups is 1. The number of aromatic nitrogens is 2. The van der Waals surface area contributed by atoms with Gasteiger partial charge < -0.3 is 10.1 Å². The first-order valence-electron chi connectivity index (χ1n) is 3.70. The van der Waals surface area contributed by atoms with Gasteiger partial charge in [-0.25, -0.2) is 0 Å². The fourth-order valence-electron chi connectivity index (χ4n) is 0.800. The molecule has 0 atom stereocenters. The van der Waals surface area contributed by atoms with E-state index in [0.29, 0.717) is 5.82 Å². The quantitative estimate of drug-likeness (QED) is 0.601. The topological polar surface area (TPSA) is 66.0 Å². The summed E-state index contributed by atoms with van der Waals surface area (Å²) in [6.45, 7) is 5.72. The number of H-pyrrole nitrogens is 1. The second-order valence-corrected chi connectivity index (χ2v) is 3.70. The Kier molecular flexibility index (Phi) is 1.92. The molecule has 0 aromatic carbocycles. The Labute approximate surface area is 70.3 Å². The first-order chi connectivity index (χ1) is 5.39. The smallest absolute Gasteiger partial charge is 0.254 e. The number of aromatic amines is 1. The summed E-state index contributed by atoms with van der Waals surface area (Å²) in [6.07, 6.45) is 0. The third-order valence-corrected chi connectivity index (χ3v) is 1.44. The van der Waals surface area contributed by atoms with E-state index in [-0.39, 0.29) is 16.9 Å². The number of nitrogens with one attached hydrogen (secondary N) is 1. The zero-order valence-electron chi connectivity index (χ0n) is 7.38. The van der Waals surface area contributed by atoms with Crippen molar-refractivity contribution in [2.45, 2.75) is 26.2 Å². The second-order valence-electron chi connectivity index (χ2n) is 3.70. The van der Waals surface area contributed by atoms with Gasteiger partial charge in [-0.2, -0.15) is 4.98 Å². The summed E-state index contributed by atoms with van der Waals surface area (Å²) in [7, 11) is 0. The van der Waals surface area contributed by atoms with Crippen LogP contribution in [0.1, 0.15) is 26.6 Å². The van der Waals surface area contributed by atoms with Gasteiger partial charge in [-0.1, -0.05) is 20.8 Å². The second kappa shape index (κ2) is 2.62. The van der Waals surface area contributed by atoms with Crippen molar-refractivity contribution in [3.8, 4) is 5.88 Å². The molecule has 2 N–H and O–H groups in total. The van der Waals surface area contributed by atoms with Gasteiger partial charge in [0.25, 0.3) is 5.56 Å². The van der Waals surface area contributed by atoms with E-state index in [1.165, 1.54) is 0 Å². The van der Waals surface area contributed by atoms with Gasteiger partial charge in [-0.05, 0) is 0 Å². The lowest BCUT2D eigenvalue weighted by Crippen LogP contribution is -2.20. The molecule has 0 amide bonds. The summed E-state index contributed by atoms with van der Waals surface area (Å²) in [6, 6.07) is 1.05. The van der Waals surface area contributed by atoms with Crippen LogP contribution in [-0.2, 0) is 5.41 Å². The van der Waals surface area contributed by atoms with Crippen molar-refractivity contribution >= 4 is 0 Å². The first-order valence-corrected chi connectivity index (χ1v) is 3.70. The molecule has 12 heavy (non-hydrogen) atoms. The molecule has 0 saturated carbocycles. The predicted octanol–water partition coefficient (Wildman–Crippen LogP) is 0.773. The molecule has 4 nitrogen and oxygen atoms in total. The van der Waals surface area contributed by atoms with Crippen molar-refractivity contribution < 1.29 is 5.11 Å². The van der Waals surface area contributed by atoms with Crippen LogP contribution in [0.3, 0.4) is 0 Å². The van der Waals surface area contributed by atoms with Crippen LogP contribution in [0.4, 0.5) is 0 Å². The van der Waals surface area contributed by atoms with E-state index in [1.54, 1.807) is 0 Å². The van der Waals surface area contributed by atoms with Crippen molar-refractivity contribution in [1.29, 1.82) is 0 Å². The third-order valence-electron chi connectivity index (χ3n) is 1.44. The largest absolute Gasteiger partial charge is 0.493 e. The summed E-state index contributed by atoms with van der Waals surface area (Å²) in [4.78, 5) is 17.3. The van der Waals surface area contributed by atoms with Crippen molar-refractivity contribution in [3.63, 3.8) is 0 Å². The maximum atomic E-state index is 10.9. The molecular formula is C8H12N2O2. The highest BCUT2D eigenvalue weighted by Gasteiger charge is 2.17. The molecule has 0 aliphatic carbocycles. The molecule has 0 aliphatic heterocycles. The lowest BCUT2D eigenvalue weighted by atomic mass is 9.96. The average molecular weight is 168 g/mol. The van der Waals surface area contributed by atoms with Crippen LogP contribution in [-0.4, -0.2) is 15.1 Å². The molecule has 0 saturated heterocycles. The normalized spacial score (nSPS) is 11.6. The van der Waals surface area contributed by atoms with E-state index in [0.717, 1.165) is 6.07 Å². The summed E-state index contributed by atoms with van der Waals surface area (Å²) in [5.74, 6) is 0.260. The third kappa shape index (κ3) is 1.84. The van der Waals surface area contributed by atoms with E-state index in [2.05, 4.69) is 9.97 Å². The summed E-state index contributed by atoms with van der Waals surface area (Å²) >= 11 is 0. The van der Waals surface area contributed by atoms with Crippen LogP contribution < -0.4 is 5.56 Å². The van der Waals surface area contributed by atoms with Gasteiger partial charge in [0.15, 0.2) is 0 Å². The van der Waals surface area contributed by atoms with Gasteiger partial charge >= 0.3 is 0 Å². The average Bonchev–Trinajstić information content (AvgIpc) is 1.82. The van der Waals surface area contributed by atoms with Crippen LogP contribution in [0.2, 0.25) is 0 Å². The van der Waals surface area contributed by atoms with Crippen molar-refractivity contribution in [2.75, 3.05) is 0 Å². The minimum atomic E-state index is -0.326. The Hall–Kier alpha value is -1.32. The molecule has 1 rings (SSSR count). The summed E-state index contributed by atoms with van der Waals surface area (Å²) in [5, 5.41) is 9.03. The maximum Gasteiger partial charge on any atom is 0.254 e. The van der Waals surface area contributed by atoms with Crippen LogP contribution in [0, 0.1) is 0 Å². The fourth-order valence-corrected chi connectivity index (χ4v) is 0.800. The Morgan fingerprint density at radius 3 is 2.50 bits per heavy atom. The highest BCUT2D eigenvalue weighted by molar-refractivity contribution is 5.11. The molecule has 1 heterocycles. The van der Waals surface area contributed by atoms with Crippen LogP contribution >= 0.6 is 0 Å². The van der Waals surface area contributed by atoms with E-state index in [9.17, 15) is 4.79 Å². The van der Waals surface area contributed by atoms with Crippen LogP contribution in [0.15, 0.2) is 10.9 Å². The van der Waals surface area contributed by atoms with E-state index in [4.69, 9.17) is 5.11 Å². The van der Waals surface area contributed by atoms with Crippen LogP contribution in [0.5, 0.6) is 5.88 Å². The lowest BCUT2D eigenvalue weighted by molar-refractivity contribution is 0.434. The zero-order valence-corrected chi connectivity index (χ0v) is 7.38. The van der Waals surface area contributed by atoms with E-state index in [1.807, 2.05) is 20.8 Å². The molecule has 0 unspecified atom stereocenters. The lowest BCUT2D eigenvalue weighted by Gasteiger charge is -2.16. The minimum absolute atomic E-state index is 0.233. The molecule has 0 fully saturated rings. The monoisotopic (exact) mass is 168 g/mol. The predicted molar refractivity (Wildman–Crippen MR) is 45.2 cm³/mol. The van der Waals surface area contributed by atoms with Gasteiger partial charge in [0.2, 0.25) is 5.88 Å². The molecule has 66 valence electrons. The van der Waals surface area contributed by atoms with Gasteiger partial charge in [0, 0.05) is 5.41 Å². The molecule has 1 aromatic rings. The highest BCUT2D eigenvalue weighted by Crippen LogP contribution is 2.17. The van der Waals surface area contributed by atoms with Gasteiger partial charge in [0.1, 0.15) is 5.82 Å². The van der Waals surface area contributed by atoms with Crippen molar-refractivity contribution in [3.05, 3.63) is 22.2 Å². The molecule has 0 spiro atoms. The molecule has 4 heteroatoms. The van der Waals surface area contributed by atoms with Crippen molar-refractivity contribution in [1.82, 2.24) is 9.97 Å². The number of hydrogen-bond donors (Lipinski definition) is 2. The number of rotatable bonds is 0. The molecule has 0 bridgehead atoms. The molecule has 1 aromatic heterocycles. The zero-order chi connectivity index (χ0) is 9.35. The first kappa shape index (κ1) is 8.77.